The number of nitrogens with one attached hydrogen (secondary N) is 1. The van der Waals surface area contributed by atoms with Gasteiger partial charge in [-0.15, -0.1) is 0 Å². The summed E-state index contributed by atoms with van der Waals surface area (Å²) in [5.41, 5.74) is 1.21. The molecule has 0 aliphatic carbocycles. The summed E-state index contributed by atoms with van der Waals surface area (Å²) in [5.74, 6) is 1.54. The van der Waals surface area contributed by atoms with E-state index in [0.29, 0.717) is 18.0 Å². The van der Waals surface area contributed by atoms with Gasteiger partial charge in [0.05, 0.1) is 25.0 Å². The van der Waals surface area contributed by atoms with Crippen LogP contribution in [0.2, 0.25) is 0 Å². The topological polar surface area (TPSA) is 39.1 Å². The molecule has 0 aliphatic heterocycles. The monoisotopic (exact) mass is 295 g/mol. The molecule has 0 radical (unpaired) electrons. The molecule has 122 valence electrons. The first kappa shape index (κ1) is 18.0. The van der Waals surface area contributed by atoms with Crippen molar-refractivity contribution in [2.24, 2.45) is 5.92 Å². The smallest absolute Gasteiger partial charge is 0.161 e. The molecule has 0 amide bonds. The maximum absolute atomic E-state index is 5.59. The lowest BCUT2D eigenvalue weighted by atomic mass is 9.88. The Hall–Kier alpha value is -1.03. The third-order valence-corrected chi connectivity index (χ3v) is 4.02. The van der Waals surface area contributed by atoms with Crippen molar-refractivity contribution in [3.8, 4) is 5.75 Å². The van der Waals surface area contributed by atoms with Crippen LogP contribution in [0.25, 0.3) is 0 Å². The van der Waals surface area contributed by atoms with E-state index >= 15 is 0 Å². The van der Waals surface area contributed by atoms with Crippen molar-refractivity contribution in [2.45, 2.75) is 72.4 Å². The zero-order valence-electron chi connectivity index (χ0n) is 14.6. The Morgan fingerprint density at radius 3 is 2.24 bits per heavy atom. The molecule has 0 spiro atoms. The molecule has 0 aromatic carbocycles. The zero-order valence-corrected chi connectivity index (χ0v) is 14.6. The number of aromatic nitrogens is 2. The van der Waals surface area contributed by atoms with Gasteiger partial charge in [-0.25, -0.2) is 0 Å². The fourth-order valence-electron chi connectivity index (χ4n) is 3.15. The summed E-state index contributed by atoms with van der Waals surface area (Å²) in [4.78, 5) is 0. The molecule has 1 aromatic rings. The van der Waals surface area contributed by atoms with Gasteiger partial charge in [0.15, 0.2) is 5.75 Å². The van der Waals surface area contributed by atoms with Crippen molar-refractivity contribution in [1.29, 1.82) is 0 Å². The average molecular weight is 295 g/mol. The van der Waals surface area contributed by atoms with E-state index in [1.165, 1.54) is 31.4 Å². The molecule has 21 heavy (non-hydrogen) atoms. The summed E-state index contributed by atoms with van der Waals surface area (Å²) in [6, 6.07) is 0.656. The summed E-state index contributed by atoms with van der Waals surface area (Å²) in [5, 5.41) is 8.23. The van der Waals surface area contributed by atoms with E-state index < -0.39 is 0 Å². The van der Waals surface area contributed by atoms with Gasteiger partial charge in [0, 0.05) is 6.04 Å². The maximum atomic E-state index is 5.59. The van der Waals surface area contributed by atoms with Gasteiger partial charge in [0.25, 0.3) is 0 Å². The Balaban J connectivity index is 3.21. The first-order valence-electron chi connectivity index (χ1n) is 8.45. The zero-order chi connectivity index (χ0) is 15.8. The van der Waals surface area contributed by atoms with Gasteiger partial charge in [0.1, 0.15) is 0 Å². The first-order chi connectivity index (χ1) is 10.1. The normalized spacial score (nSPS) is 13.1. The molecule has 4 nitrogen and oxygen atoms in total. The van der Waals surface area contributed by atoms with E-state index in [4.69, 9.17) is 4.74 Å². The molecular weight excluding hydrogens is 262 g/mol. The highest BCUT2D eigenvalue weighted by Gasteiger charge is 2.28. The van der Waals surface area contributed by atoms with E-state index in [9.17, 15) is 0 Å². The van der Waals surface area contributed by atoms with Crippen LogP contribution in [0, 0.1) is 5.92 Å². The Bertz CT molecular complexity index is 395. The second-order valence-electron chi connectivity index (χ2n) is 6.01. The largest absolute Gasteiger partial charge is 0.493 e. The van der Waals surface area contributed by atoms with Crippen LogP contribution >= 0.6 is 0 Å². The second-order valence-corrected chi connectivity index (χ2v) is 6.01. The predicted molar refractivity (Wildman–Crippen MR) is 88.9 cm³/mol. The van der Waals surface area contributed by atoms with Crippen molar-refractivity contribution in [2.75, 3.05) is 13.7 Å². The van der Waals surface area contributed by atoms with Crippen molar-refractivity contribution < 1.29 is 4.74 Å². The van der Waals surface area contributed by atoms with E-state index in [1.807, 2.05) is 6.20 Å². The molecule has 0 bridgehead atoms. The SMILES string of the molecule is CCCC(CCC)C(NCC)c1c(OC)cnn1C(C)C. The Morgan fingerprint density at radius 1 is 1.19 bits per heavy atom. The fraction of sp³-hybridized carbons (Fsp3) is 0.824. The first-order valence-corrected chi connectivity index (χ1v) is 8.45. The molecule has 1 rings (SSSR count). The summed E-state index contributed by atoms with van der Waals surface area (Å²) >= 11 is 0. The number of hydrogen-bond donors (Lipinski definition) is 1. The van der Waals surface area contributed by atoms with E-state index in [2.05, 4.69) is 49.7 Å². The Labute approximate surface area is 130 Å². The van der Waals surface area contributed by atoms with Gasteiger partial charge in [0.2, 0.25) is 0 Å². The Kier molecular flexibility index (Phi) is 7.79. The van der Waals surface area contributed by atoms with Crippen molar-refractivity contribution in [3.05, 3.63) is 11.9 Å². The van der Waals surface area contributed by atoms with E-state index in [-0.39, 0.29) is 0 Å². The molecule has 1 unspecified atom stereocenters. The van der Waals surface area contributed by atoms with Gasteiger partial charge in [-0.3, -0.25) is 4.68 Å². The molecule has 1 heterocycles. The predicted octanol–water partition coefficient (Wildman–Crippen LogP) is 4.34. The lowest BCUT2D eigenvalue weighted by Gasteiger charge is -2.29. The van der Waals surface area contributed by atoms with Crippen molar-refractivity contribution in [1.82, 2.24) is 15.1 Å². The van der Waals surface area contributed by atoms with Gasteiger partial charge in [-0.2, -0.15) is 5.10 Å². The van der Waals surface area contributed by atoms with Gasteiger partial charge in [-0.05, 0) is 39.2 Å². The molecule has 0 aliphatic rings. The van der Waals surface area contributed by atoms with E-state index in [0.717, 1.165) is 12.3 Å². The standard InChI is InChI=1S/C17H33N3O/c1-7-10-14(11-8-2)16(18-9-3)17-15(21-6)12-19-20(17)13(4)5/h12-14,16,18H,7-11H2,1-6H3. The van der Waals surface area contributed by atoms with Crippen molar-refractivity contribution >= 4 is 0 Å². The summed E-state index contributed by atoms with van der Waals surface area (Å²) in [6.45, 7) is 12.0. The summed E-state index contributed by atoms with van der Waals surface area (Å²) < 4.78 is 7.70. The number of methoxy groups -OCH3 is 1. The molecule has 0 fully saturated rings. The van der Waals surface area contributed by atoms with Crippen LogP contribution in [0.15, 0.2) is 6.20 Å². The lowest BCUT2D eigenvalue weighted by Crippen LogP contribution is -2.31. The highest BCUT2D eigenvalue weighted by Crippen LogP contribution is 2.36. The van der Waals surface area contributed by atoms with Crippen LogP contribution in [0.4, 0.5) is 0 Å². The molecular formula is C17H33N3O. The Morgan fingerprint density at radius 2 is 1.81 bits per heavy atom. The minimum atomic E-state index is 0.315. The number of hydrogen-bond acceptors (Lipinski definition) is 3. The molecule has 1 atom stereocenters. The van der Waals surface area contributed by atoms with E-state index in [1.54, 1.807) is 7.11 Å². The number of rotatable bonds is 10. The quantitative estimate of drug-likeness (QED) is 0.698. The summed E-state index contributed by atoms with van der Waals surface area (Å²) in [7, 11) is 1.74. The molecule has 1 N–H and O–H groups in total. The maximum Gasteiger partial charge on any atom is 0.161 e. The summed E-state index contributed by atoms with van der Waals surface area (Å²) in [6.07, 6.45) is 6.75. The minimum Gasteiger partial charge on any atom is -0.493 e. The van der Waals surface area contributed by atoms with Crippen LogP contribution in [0.3, 0.4) is 0 Å². The third kappa shape index (κ3) is 4.47. The highest BCUT2D eigenvalue weighted by molar-refractivity contribution is 5.29. The van der Waals surface area contributed by atoms with Crippen molar-refractivity contribution in [3.63, 3.8) is 0 Å². The average Bonchev–Trinajstić information content (AvgIpc) is 2.88. The molecule has 4 heteroatoms. The third-order valence-electron chi connectivity index (χ3n) is 4.02. The second kappa shape index (κ2) is 9.08. The fourth-order valence-corrected chi connectivity index (χ4v) is 3.15. The minimum absolute atomic E-state index is 0.315. The number of nitrogens with zero attached hydrogens (tertiary/aromatic N) is 2. The van der Waals surface area contributed by atoms with Crippen LogP contribution in [-0.2, 0) is 0 Å². The van der Waals surface area contributed by atoms with Crippen LogP contribution in [0.1, 0.15) is 78.1 Å². The highest BCUT2D eigenvalue weighted by atomic mass is 16.5. The molecule has 1 aromatic heterocycles. The van der Waals surface area contributed by atoms with Crippen LogP contribution in [0.5, 0.6) is 5.75 Å². The van der Waals surface area contributed by atoms with Gasteiger partial charge < -0.3 is 10.1 Å². The lowest BCUT2D eigenvalue weighted by molar-refractivity contribution is 0.289. The molecule has 0 saturated heterocycles. The van der Waals surface area contributed by atoms with Gasteiger partial charge >= 0.3 is 0 Å². The van der Waals surface area contributed by atoms with Crippen LogP contribution < -0.4 is 10.1 Å². The van der Waals surface area contributed by atoms with Crippen LogP contribution in [-0.4, -0.2) is 23.4 Å². The number of ether oxygens (including phenoxy) is 1. The molecule has 0 saturated carbocycles. The van der Waals surface area contributed by atoms with Gasteiger partial charge in [-0.1, -0.05) is 33.6 Å².